The van der Waals surface area contributed by atoms with Gasteiger partial charge >= 0.3 is 0 Å². The molecule has 0 atom stereocenters. The fraction of sp³-hybridized carbons (Fsp3) is 0. The van der Waals surface area contributed by atoms with Crippen LogP contribution in [-0.4, -0.2) is 14.5 Å². The summed E-state index contributed by atoms with van der Waals surface area (Å²) in [6.45, 7) is 0. The van der Waals surface area contributed by atoms with Gasteiger partial charge in [-0.1, -0.05) is 109 Å². The standard InChI is InChI=1S/C42H25N3O/c1-3-12-27(13-4-1)40-33-22-24-37-39(38-30-16-8-7-11-26(30)20-23-36(38)46-37)41(33)44-42(43-40)28-19-21-32-31-17-9-10-18-34(31)45(35(32)25-28)29-14-5-2-6-15-29/h1-25H. The second kappa shape index (κ2) is 9.62. The highest BCUT2D eigenvalue weighted by Gasteiger charge is 2.20. The molecule has 46 heavy (non-hydrogen) atoms. The number of fused-ring (bicyclic) bond motifs is 10. The maximum absolute atomic E-state index is 6.45. The molecule has 0 saturated heterocycles. The number of aromatic nitrogens is 3. The van der Waals surface area contributed by atoms with Crippen molar-refractivity contribution < 1.29 is 4.42 Å². The van der Waals surface area contributed by atoms with Gasteiger partial charge in [0, 0.05) is 38.4 Å². The van der Waals surface area contributed by atoms with Gasteiger partial charge in [0.25, 0.3) is 0 Å². The summed E-state index contributed by atoms with van der Waals surface area (Å²) in [4.78, 5) is 10.7. The molecule has 0 amide bonds. The molecule has 4 nitrogen and oxygen atoms in total. The van der Waals surface area contributed by atoms with E-state index in [-0.39, 0.29) is 0 Å². The molecule has 7 aromatic carbocycles. The molecular formula is C42H25N3O. The highest BCUT2D eigenvalue weighted by Crippen LogP contribution is 2.41. The summed E-state index contributed by atoms with van der Waals surface area (Å²) in [5, 5.41) is 7.84. The lowest BCUT2D eigenvalue weighted by molar-refractivity contribution is 0.669. The number of rotatable bonds is 3. The molecule has 0 unspecified atom stereocenters. The molecule has 0 bridgehead atoms. The van der Waals surface area contributed by atoms with E-state index in [1.54, 1.807) is 0 Å². The first-order chi connectivity index (χ1) is 22.8. The Morgan fingerprint density at radius 2 is 1.13 bits per heavy atom. The van der Waals surface area contributed by atoms with Crippen molar-refractivity contribution in [2.75, 3.05) is 0 Å². The molecule has 0 fully saturated rings. The van der Waals surface area contributed by atoms with Crippen LogP contribution in [0.1, 0.15) is 0 Å². The Kier molecular flexibility index (Phi) is 5.25. The summed E-state index contributed by atoms with van der Waals surface area (Å²) < 4.78 is 8.79. The van der Waals surface area contributed by atoms with E-state index in [1.165, 1.54) is 21.7 Å². The smallest absolute Gasteiger partial charge is 0.160 e. The van der Waals surface area contributed by atoms with Gasteiger partial charge in [0.2, 0.25) is 0 Å². The van der Waals surface area contributed by atoms with E-state index in [0.29, 0.717) is 5.82 Å². The van der Waals surface area contributed by atoms with E-state index in [4.69, 9.17) is 14.4 Å². The Labute approximate surface area is 263 Å². The van der Waals surface area contributed by atoms with Crippen molar-refractivity contribution in [2.45, 2.75) is 0 Å². The first-order valence-corrected chi connectivity index (χ1v) is 15.5. The van der Waals surface area contributed by atoms with Crippen LogP contribution in [0.4, 0.5) is 0 Å². The second-order valence-corrected chi connectivity index (χ2v) is 11.8. The minimum atomic E-state index is 0.681. The number of benzene rings is 7. The van der Waals surface area contributed by atoms with E-state index < -0.39 is 0 Å². The number of hydrogen-bond acceptors (Lipinski definition) is 3. The van der Waals surface area contributed by atoms with Gasteiger partial charge in [0.15, 0.2) is 5.82 Å². The number of hydrogen-bond donors (Lipinski definition) is 0. The fourth-order valence-corrected chi connectivity index (χ4v) is 7.13. The third kappa shape index (κ3) is 3.61. The molecule has 0 aliphatic carbocycles. The molecule has 0 saturated carbocycles. The largest absolute Gasteiger partial charge is 0.456 e. The zero-order chi connectivity index (χ0) is 30.2. The molecule has 3 aromatic heterocycles. The van der Waals surface area contributed by atoms with Crippen LogP contribution in [0.15, 0.2) is 156 Å². The second-order valence-electron chi connectivity index (χ2n) is 11.8. The average molecular weight is 588 g/mol. The zero-order valence-electron chi connectivity index (χ0n) is 24.7. The van der Waals surface area contributed by atoms with Crippen LogP contribution in [0.3, 0.4) is 0 Å². The van der Waals surface area contributed by atoms with Crippen LogP contribution < -0.4 is 0 Å². The number of para-hydroxylation sites is 2. The predicted octanol–water partition coefficient (Wildman–Crippen LogP) is 11.1. The Bertz CT molecular complexity index is 2790. The van der Waals surface area contributed by atoms with E-state index in [9.17, 15) is 0 Å². The normalized spacial score (nSPS) is 11.9. The number of nitrogens with zero attached hydrogens (tertiary/aromatic N) is 3. The van der Waals surface area contributed by atoms with Crippen molar-refractivity contribution in [1.29, 1.82) is 0 Å². The summed E-state index contributed by atoms with van der Waals surface area (Å²) in [7, 11) is 0. The molecule has 0 aliphatic heterocycles. The zero-order valence-corrected chi connectivity index (χ0v) is 24.7. The van der Waals surface area contributed by atoms with Crippen LogP contribution in [0, 0.1) is 0 Å². The monoisotopic (exact) mass is 587 g/mol. The molecule has 10 aromatic rings. The van der Waals surface area contributed by atoms with Crippen molar-refractivity contribution in [3.63, 3.8) is 0 Å². The fourth-order valence-electron chi connectivity index (χ4n) is 7.13. The predicted molar refractivity (Wildman–Crippen MR) is 190 cm³/mol. The Balaban J connectivity index is 1.33. The summed E-state index contributed by atoms with van der Waals surface area (Å²) in [6, 6.07) is 53.0. The lowest BCUT2D eigenvalue weighted by Gasteiger charge is -2.12. The van der Waals surface area contributed by atoms with Crippen LogP contribution in [0.25, 0.3) is 93.8 Å². The van der Waals surface area contributed by atoms with E-state index in [2.05, 4.69) is 150 Å². The van der Waals surface area contributed by atoms with Gasteiger partial charge in [0.1, 0.15) is 11.2 Å². The van der Waals surface area contributed by atoms with Gasteiger partial charge in [-0.15, -0.1) is 0 Å². The third-order valence-electron chi connectivity index (χ3n) is 9.18. The van der Waals surface area contributed by atoms with E-state index >= 15 is 0 Å². The van der Waals surface area contributed by atoms with Crippen LogP contribution in [-0.2, 0) is 0 Å². The molecule has 3 heterocycles. The van der Waals surface area contributed by atoms with Gasteiger partial charge in [0.05, 0.1) is 27.6 Å². The van der Waals surface area contributed by atoms with Crippen LogP contribution >= 0.6 is 0 Å². The van der Waals surface area contributed by atoms with Gasteiger partial charge in [-0.05, 0) is 53.2 Å². The number of furan rings is 1. The maximum atomic E-state index is 6.45. The minimum absolute atomic E-state index is 0.681. The molecule has 4 heteroatoms. The molecule has 214 valence electrons. The summed E-state index contributed by atoms with van der Waals surface area (Å²) >= 11 is 0. The molecule has 10 rings (SSSR count). The molecule has 0 N–H and O–H groups in total. The highest BCUT2D eigenvalue weighted by molar-refractivity contribution is 6.26. The molecular weight excluding hydrogens is 562 g/mol. The summed E-state index contributed by atoms with van der Waals surface area (Å²) in [6.07, 6.45) is 0. The maximum Gasteiger partial charge on any atom is 0.160 e. The Morgan fingerprint density at radius 1 is 0.457 bits per heavy atom. The van der Waals surface area contributed by atoms with Gasteiger partial charge in [-0.3, -0.25) is 0 Å². The van der Waals surface area contributed by atoms with Crippen LogP contribution in [0.2, 0.25) is 0 Å². The summed E-state index contributed by atoms with van der Waals surface area (Å²) in [5.74, 6) is 0.681. The average Bonchev–Trinajstić information content (AvgIpc) is 3.68. The lowest BCUT2D eigenvalue weighted by atomic mass is 10.00. The first-order valence-electron chi connectivity index (χ1n) is 15.5. The van der Waals surface area contributed by atoms with Crippen LogP contribution in [0.5, 0.6) is 0 Å². The lowest BCUT2D eigenvalue weighted by Crippen LogP contribution is -1.97. The van der Waals surface area contributed by atoms with Crippen molar-refractivity contribution in [1.82, 2.24) is 14.5 Å². The highest BCUT2D eigenvalue weighted by atomic mass is 16.3. The van der Waals surface area contributed by atoms with Gasteiger partial charge in [-0.25, -0.2) is 9.97 Å². The van der Waals surface area contributed by atoms with E-state index in [0.717, 1.165) is 66.3 Å². The minimum Gasteiger partial charge on any atom is -0.456 e. The van der Waals surface area contributed by atoms with Crippen molar-refractivity contribution in [3.05, 3.63) is 152 Å². The topological polar surface area (TPSA) is 43.9 Å². The molecule has 0 radical (unpaired) electrons. The Hall–Kier alpha value is -6.26. The summed E-state index contributed by atoms with van der Waals surface area (Å²) in [5.41, 5.74) is 8.89. The van der Waals surface area contributed by atoms with Gasteiger partial charge < -0.3 is 8.98 Å². The first kappa shape index (κ1) is 25.1. The molecule has 0 spiro atoms. The van der Waals surface area contributed by atoms with Crippen molar-refractivity contribution >= 4 is 65.4 Å². The van der Waals surface area contributed by atoms with Gasteiger partial charge in [-0.2, -0.15) is 0 Å². The Morgan fingerprint density at radius 3 is 2.00 bits per heavy atom. The van der Waals surface area contributed by atoms with E-state index in [1.807, 2.05) is 6.07 Å². The molecule has 0 aliphatic rings. The SMILES string of the molecule is c1ccc(-c2nc(-c3ccc4c5ccccc5n(-c5ccccc5)c4c3)nc3c2ccc2oc4ccc5ccccc5c4c23)cc1. The van der Waals surface area contributed by atoms with Crippen molar-refractivity contribution in [2.24, 2.45) is 0 Å². The van der Waals surface area contributed by atoms with Crippen molar-refractivity contribution in [3.8, 4) is 28.3 Å². The quantitative estimate of drug-likeness (QED) is 0.207. The third-order valence-corrected chi connectivity index (χ3v) is 9.18.